The molecule has 174 valence electrons. The van der Waals surface area contributed by atoms with Crippen LogP contribution in [0.5, 0.6) is 5.75 Å². The van der Waals surface area contributed by atoms with Crippen LogP contribution in [0.15, 0.2) is 78.2 Å². The van der Waals surface area contributed by atoms with Crippen LogP contribution in [0.2, 0.25) is 0 Å². The second-order valence-corrected chi connectivity index (χ2v) is 9.23. The van der Waals surface area contributed by atoms with E-state index in [1.807, 2.05) is 38.1 Å². The van der Waals surface area contributed by atoms with Crippen molar-refractivity contribution < 1.29 is 17.9 Å². The maximum absolute atomic E-state index is 13.2. The number of nitrogens with zero attached hydrogens (tertiary/aromatic N) is 3. The molecule has 0 aliphatic rings. The Balaban J connectivity index is 1.60. The zero-order valence-electron chi connectivity index (χ0n) is 18.8. The van der Waals surface area contributed by atoms with E-state index in [1.54, 1.807) is 30.7 Å². The number of carbonyl (C=O) groups excluding carboxylic acids is 1. The monoisotopic (exact) mass is 477 g/mol. The van der Waals surface area contributed by atoms with Gasteiger partial charge in [0.1, 0.15) is 10.6 Å². The van der Waals surface area contributed by atoms with Gasteiger partial charge in [-0.25, -0.2) is 13.1 Å². The molecular weight excluding hydrogens is 454 g/mol. The van der Waals surface area contributed by atoms with E-state index in [1.165, 1.54) is 30.1 Å². The molecule has 2 aromatic carbocycles. The number of hydrogen-bond acceptors (Lipinski definition) is 6. The van der Waals surface area contributed by atoms with E-state index in [0.717, 1.165) is 11.1 Å². The molecule has 0 saturated heterocycles. The molecular formula is C24H23N5O4S. The predicted molar refractivity (Wildman–Crippen MR) is 129 cm³/mol. The van der Waals surface area contributed by atoms with Gasteiger partial charge in [0.2, 0.25) is 0 Å². The van der Waals surface area contributed by atoms with E-state index in [4.69, 9.17) is 4.74 Å². The van der Waals surface area contributed by atoms with Gasteiger partial charge in [0.25, 0.3) is 15.9 Å². The van der Waals surface area contributed by atoms with Crippen LogP contribution in [0.25, 0.3) is 5.69 Å². The lowest BCUT2D eigenvalue weighted by Crippen LogP contribution is -2.17. The van der Waals surface area contributed by atoms with Crippen molar-refractivity contribution in [2.75, 3.05) is 17.1 Å². The Kier molecular flexibility index (Phi) is 6.33. The first-order chi connectivity index (χ1) is 16.3. The third-order valence-electron chi connectivity index (χ3n) is 5.18. The smallest absolute Gasteiger partial charge is 0.265 e. The van der Waals surface area contributed by atoms with Gasteiger partial charge < -0.3 is 10.1 Å². The number of methoxy groups -OCH3 is 1. The van der Waals surface area contributed by atoms with Crippen molar-refractivity contribution in [1.29, 1.82) is 0 Å². The van der Waals surface area contributed by atoms with Crippen molar-refractivity contribution in [1.82, 2.24) is 14.8 Å². The first-order valence-electron chi connectivity index (χ1n) is 10.3. The summed E-state index contributed by atoms with van der Waals surface area (Å²) in [6.07, 6.45) is 6.26. The number of anilines is 2. The molecule has 0 saturated carbocycles. The molecule has 0 aliphatic heterocycles. The van der Waals surface area contributed by atoms with Gasteiger partial charge in [-0.2, -0.15) is 5.10 Å². The molecule has 9 nitrogen and oxygen atoms in total. The molecule has 2 heterocycles. The number of benzene rings is 2. The minimum absolute atomic E-state index is 0.0958. The zero-order valence-corrected chi connectivity index (χ0v) is 19.6. The number of rotatable bonds is 7. The fourth-order valence-corrected chi connectivity index (χ4v) is 4.80. The summed E-state index contributed by atoms with van der Waals surface area (Å²) in [6, 6.07) is 13.5. The highest BCUT2D eigenvalue weighted by Crippen LogP contribution is 2.31. The molecule has 2 N–H and O–H groups in total. The first kappa shape index (κ1) is 23.0. The molecule has 0 aliphatic carbocycles. The SMILES string of the molecule is COc1ccc(NC(=O)c2cnn(-c3cccnc3)c2)cc1S(=O)(=O)Nc1c(C)cccc1C. The number of nitrogens with one attached hydrogen (secondary N) is 2. The predicted octanol–water partition coefficient (Wildman–Crippen LogP) is 3.95. The first-order valence-corrected chi connectivity index (χ1v) is 11.8. The highest BCUT2D eigenvalue weighted by molar-refractivity contribution is 7.92. The maximum Gasteiger partial charge on any atom is 0.265 e. The number of pyridine rings is 1. The molecule has 4 rings (SSSR count). The van der Waals surface area contributed by atoms with Crippen LogP contribution in [0.4, 0.5) is 11.4 Å². The topological polar surface area (TPSA) is 115 Å². The molecule has 0 radical (unpaired) electrons. The molecule has 0 bridgehead atoms. The molecule has 0 atom stereocenters. The zero-order chi connectivity index (χ0) is 24.3. The number of hydrogen-bond donors (Lipinski definition) is 2. The Hall–Kier alpha value is -4.18. The van der Waals surface area contributed by atoms with E-state index >= 15 is 0 Å². The average Bonchev–Trinajstić information content (AvgIpc) is 3.33. The van der Waals surface area contributed by atoms with Gasteiger partial charge in [-0.3, -0.25) is 14.5 Å². The quantitative estimate of drug-likeness (QED) is 0.417. The Morgan fingerprint density at radius 1 is 1.03 bits per heavy atom. The summed E-state index contributed by atoms with van der Waals surface area (Å²) in [5.41, 5.74) is 3.38. The second-order valence-electron chi connectivity index (χ2n) is 7.58. The molecule has 0 unspecified atom stereocenters. The molecule has 2 aromatic heterocycles. The Morgan fingerprint density at radius 3 is 2.47 bits per heavy atom. The maximum atomic E-state index is 13.2. The van der Waals surface area contributed by atoms with Crippen LogP contribution in [0.3, 0.4) is 0 Å². The van der Waals surface area contributed by atoms with Crippen LogP contribution in [0.1, 0.15) is 21.5 Å². The summed E-state index contributed by atoms with van der Waals surface area (Å²) in [6.45, 7) is 3.65. The van der Waals surface area contributed by atoms with Crippen LogP contribution in [-0.2, 0) is 10.0 Å². The largest absolute Gasteiger partial charge is 0.495 e. The van der Waals surface area contributed by atoms with Crippen molar-refractivity contribution >= 4 is 27.3 Å². The number of carbonyl (C=O) groups is 1. The number of ether oxygens (including phenoxy) is 1. The van der Waals surface area contributed by atoms with Crippen LogP contribution in [0, 0.1) is 13.8 Å². The van der Waals surface area contributed by atoms with Crippen LogP contribution >= 0.6 is 0 Å². The third kappa shape index (κ3) is 4.76. The van der Waals surface area contributed by atoms with E-state index in [2.05, 4.69) is 20.1 Å². The lowest BCUT2D eigenvalue weighted by atomic mass is 10.1. The normalized spacial score (nSPS) is 11.1. The highest BCUT2D eigenvalue weighted by Gasteiger charge is 2.22. The summed E-state index contributed by atoms with van der Waals surface area (Å²) >= 11 is 0. The number of amides is 1. The van der Waals surface area contributed by atoms with Crippen molar-refractivity contribution in [3.05, 3.63) is 90.0 Å². The van der Waals surface area contributed by atoms with Gasteiger partial charge in [0.05, 0.1) is 36.4 Å². The number of sulfonamides is 1. The van der Waals surface area contributed by atoms with Gasteiger partial charge in [-0.1, -0.05) is 18.2 Å². The van der Waals surface area contributed by atoms with E-state index in [0.29, 0.717) is 22.6 Å². The van der Waals surface area contributed by atoms with E-state index < -0.39 is 15.9 Å². The number of para-hydroxylation sites is 1. The van der Waals surface area contributed by atoms with Crippen molar-refractivity contribution in [2.24, 2.45) is 0 Å². The fraction of sp³-hybridized carbons (Fsp3) is 0.125. The van der Waals surface area contributed by atoms with Gasteiger partial charge in [-0.05, 0) is 55.3 Å². The van der Waals surface area contributed by atoms with Crippen molar-refractivity contribution in [3.8, 4) is 11.4 Å². The standard InChI is InChI=1S/C24H23N5O4S/c1-16-6-4-7-17(2)23(16)28-34(31,32)22-12-19(9-10-21(22)33-3)27-24(30)18-13-26-29(15-18)20-8-5-11-25-14-20/h4-15,28H,1-3H3,(H,27,30). The van der Waals surface area contributed by atoms with Gasteiger partial charge in [0, 0.05) is 18.1 Å². The third-order valence-corrected chi connectivity index (χ3v) is 6.55. The Morgan fingerprint density at radius 2 is 1.79 bits per heavy atom. The molecule has 10 heteroatoms. The minimum Gasteiger partial charge on any atom is -0.495 e. The summed E-state index contributed by atoms with van der Waals surface area (Å²) < 4.78 is 35.9. The number of aromatic nitrogens is 3. The van der Waals surface area contributed by atoms with E-state index in [9.17, 15) is 13.2 Å². The second kappa shape index (κ2) is 9.36. The lowest BCUT2D eigenvalue weighted by molar-refractivity contribution is 0.102. The molecule has 1 amide bonds. The molecule has 0 spiro atoms. The molecule has 0 fully saturated rings. The van der Waals surface area contributed by atoms with Gasteiger partial charge in [-0.15, -0.1) is 0 Å². The van der Waals surface area contributed by atoms with Crippen molar-refractivity contribution in [2.45, 2.75) is 18.7 Å². The lowest BCUT2D eigenvalue weighted by Gasteiger charge is -2.16. The summed E-state index contributed by atoms with van der Waals surface area (Å²) in [5, 5.41) is 6.90. The average molecular weight is 478 g/mol. The summed E-state index contributed by atoms with van der Waals surface area (Å²) in [7, 11) is -2.62. The van der Waals surface area contributed by atoms with Gasteiger partial charge in [0.15, 0.2) is 0 Å². The fourth-order valence-electron chi connectivity index (χ4n) is 3.40. The molecule has 4 aromatic rings. The highest BCUT2D eigenvalue weighted by atomic mass is 32.2. The van der Waals surface area contributed by atoms with Crippen molar-refractivity contribution in [3.63, 3.8) is 0 Å². The van der Waals surface area contributed by atoms with Crippen LogP contribution in [-0.4, -0.2) is 36.2 Å². The van der Waals surface area contributed by atoms with Gasteiger partial charge >= 0.3 is 0 Å². The Bertz CT molecular complexity index is 1430. The molecule has 34 heavy (non-hydrogen) atoms. The van der Waals surface area contributed by atoms with E-state index in [-0.39, 0.29) is 10.6 Å². The Labute approximate surface area is 197 Å². The minimum atomic E-state index is -4.01. The van der Waals surface area contributed by atoms with Crippen LogP contribution < -0.4 is 14.8 Å². The summed E-state index contributed by atoms with van der Waals surface area (Å²) in [5.74, 6) is -0.285. The summed E-state index contributed by atoms with van der Waals surface area (Å²) in [4.78, 5) is 16.7. The number of aryl methyl sites for hydroxylation is 2.